The lowest BCUT2D eigenvalue weighted by molar-refractivity contribution is 0.306. The zero-order chi connectivity index (χ0) is 15.2. The number of hydrogen-bond donors (Lipinski definition) is 1. The zero-order valence-electron chi connectivity index (χ0n) is 12.5. The van der Waals surface area contributed by atoms with E-state index < -0.39 is 0 Å². The average molecular weight is 306 g/mol. The first-order valence-electron chi connectivity index (χ1n) is 6.72. The second-order valence-electron chi connectivity index (χ2n) is 6.04. The van der Waals surface area contributed by atoms with Crippen molar-refractivity contribution in [2.24, 2.45) is 10.6 Å². The molecule has 0 fully saturated rings. The predicted molar refractivity (Wildman–Crippen MR) is 82.1 cm³/mol. The summed E-state index contributed by atoms with van der Waals surface area (Å²) in [5.74, 6) is 0.562. The lowest BCUT2D eigenvalue weighted by Crippen LogP contribution is -2.34. The normalized spacial score (nSPS) is 22.1. The molecule has 1 aromatic heterocycles. The molecular weight excluding hydrogens is 288 g/mol. The van der Waals surface area contributed by atoms with Gasteiger partial charge in [-0.2, -0.15) is 4.98 Å². The molecule has 0 amide bonds. The van der Waals surface area contributed by atoms with Crippen molar-refractivity contribution in [3.8, 4) is 5.88 Å². The summed E-state index contributed by atoms with van der Waals surface area (Å²) in [6, 6.07) is 0. The van der Waals surface area contributed by atoms with E-state index in [9.17, 15) is 5.21 Å². The molecule has 1 aliphatic heterocycles. The Balaban J connectivity index is 2.14. The molecule has 0 spiro atoms. The molecule has 0 bridgehead atoms. The van der Waals surface area contributed by atoms with E-state index in [-0.39, 0.29) is 5.41 Å². The average Bonchev–Trinajstić information content (AvgIpc) is 2.46. The highest BCUT2D eigenvalue weighted by Gasteiger charge is 2.39. The second kappa shape index (κ2) is 4.91. The van der Waals surface area contributed by atoms with E-state index in [2.05, 4.69) is 33.9 Å². The van der Waals surface area contributed by atoms with Crippen molar-refractivity contribution in [1.29, 1.82) is 0 Å². The molecule has 2 heterocycles. The number of thioether (sulfide) groups is 1. The van der Waals surface area contributed by atoms with Crippen LogP contribution in [0, 0.1) is 5.41 Å². The molecule has 112 valence electrons. The minimum Gasteiger partial charge on any atom is -0.479 e. The van der Waals surface area contributed by atoms with E-state index in [0.717, 1.165) is 39.9 Å². The maximum Gasteiger partial charge on any atom is 0.242 e. The molecule has 1 aromatic rings. The fourth-order valence-corrected chi connectivity index (χ4v) is 4.03. The van der Waals surface area contributed by atoms with Gasteiger partial charge in [-0.3, -0.25) is 0 Å². The van der Waals surface area contributed by atoms with Crippen LogP contribution in [-0.2, 0) is 0 Å². The Bertz CT molecular complexity index is 654. The van der Waals surface area contributed by atoms with E-state index in [1.165, 1.54) is 18.1 Å². The van der Waals surface area contributed by atoms with Gasteiger partial charge in [0.05, 0.1) is 17.7 Å². The monoisotopic (exact) mass is 306 g/mol. The fourth-order valence-electron chi connectivity index (χ4n) is 2.86. The first kappa shape index (κ1) is 14.2. The Morgan fingerprint density at radius 1 is 1.38 bits per heavy atom. The van der Waals surface area contributed by atoms with Crippen LogP contribution in [0.3, 0.4) is 0 Å². The summed E-state index contributed by atoms with van der Waals surface area (Å²) >= 11 is 1.52. The van der Waals surface area contributed by atoms with Crippen LogP contribution in [-0.4, -0.2) is 35.0 Å². The molecule has 0 atom stereocenters. The molecule has 0 saturated heterocycles. The SMILES string of the molecule is COc1ncnc2c1N(C)C1=C(S2)/C(=N\O)CC(C)(C)C1. The number of hydrogen-bond acceptors (Lipinski definition) is 7. The molecule has 0 radical (unpaired) electrons. The Morgan fingerprint density at radius 3 is 2.81 bits per heavy atom. The fraction of sp³-hybridized carbons (Fsp3) is 0.500. The van der Waals surface area contributed by atoms with Gasteiger partial charge in [-0.15, -0.1) is 0 Å². The molecule has 1 N–H and O–H groups in total. The summed E-state index contributed by atoms with van der Waals surface area (Å²) in [5.41, 5.74) is 2.78. The summed E-state index contributed by atoms with van der Waals surface area (Å²) < 4.78 is 5.36. The van der Waals surface area contributed by atoms with Gasteiger partial charge in [-0.1, -0.05) is 30.8 Å². The van der Waals surface area contributed by atoms with Gasteiger partial charge < -0.3 is 14.8 Å². The number of anilines is 1. The number of ether oxygens (including phenoxy) is 1. The van der Waals surface area contributed by atoms with Crippen molar-refractivity contribution in [2.45, 2.75) is 31.7 Å². The van der Waals surface area contributed by atoms with Gasteiger partial charge in [0.25, 0.3) is 0 Å². The third-order valence-electron chi connectivity index (χ3n) is 3.82. The number of fused-ring (bicyclic) bond motifs is 1. The van der Waals surface area contributed by atoms with Gasteiger partial charge >= 0.3 is 0 Å². The molecular formula is C14H18N4O2S. The number of nitrogens with zero attached hydrogens (tertiary/aromatic N) is 4. The van der Waals surface area contributed by atoms with Gasteiger partial charge in [0.15, 0.2) is 0 Å². The van der Waals surface area contributed by atoms with Crippen LogP contribution in [0.25, 0.3) is 0 Å². The third kappa shape index (κ3) is 2.25. The topological polar surface area (TPSA) is 70.8 Å². The van der Waals surface area contributed by atoms with Crippen molar-refractivity contribution in [1.82, 2.24) is 9.97 Å². The molecule has 1 aliphatic carbocycles. The number of oxime groups is 1. The predicted octanol–water partition coefficient (Wildman–Crippen LogP) is 2.89. The minimum atomic E-state index is 0.0512. The maximum absolute atomic E-state index is 9.36. The lowest BCUT2D eigenvalue weighted by atomic mass is 9.78. The Kier molecular flexibility index (Phi) is 3.32. The standard InChI is InChI=1S/C14H18N4O2S/c1-14(2)5-8(17-19)11-9(6-14)18(3)10-12(20-4)15-7-16-13(10)21-11/h7,19H,5-6H2,1-4H3/b17-8-. The van der Waals surface area contributed by atoms with Crippen LogP contribution in [0.1, 0.15) is 26.7 Å². The van der Waals surface area contributed by atoms with Gasteiger partial charge in [0.2, 0.25) is 5.88 Å². The Hall–Kier alpha value is -1.76. The van der Waals surface area contributed by atoms with E-state index in [0.29, 0.717) is 5.88 Å². The molecule has 7 heteroatoms. The number of allylic oxidation sites excluding steroid dienone is 2. The number of aromatic nitrogens is 2. The van der Waals surface area contributed by atoms with Crippen LogP contribution in [0.4, 0.5) is 5.69 Å². The Labute approximate surface area is 127 Å². The smallest absolute Gasteiger partial charge is 0.242 e. The van der Waals surface area contributed by atoms with E-state index in [1.54, 1.807) is 7.11 Å². The summed E-state index contributed by atoms with van der Waals surface area (Å²) in [5, 5.41) is 13.7. The quantitative estimate of drug-likeness (QED) is 0.489. The molecule has 21 heavy (non-hydrogen) atoms. The van der Waals surface area contributed by atoms with E-state index in [1.807, 2.05) is 7.05 Å². The molecule has 6 nitrogen and oxygen atoms in total. The van der Waals surface area contributed by atoms with Crippen molar-refractivity contribution in [2.75, 3.05) is 19.1 Å². The molecule has 2 aliphatic rings. The van der Waals surface area contributed by atoms with Crippen molar-refractivity contribution < 1.29 is 9.94 Å². The molecule has 3 rings (SSSR count). The first-order chi connectivity index (χ1) is 9.96. The first-order valence-corrected chi connectivity index (χ1v) is 7.53. The minimum absolute atomic E-state index is 0.0512. The largest absolute Gasteiger partial charge is 0.479 e. The summed E-state index contributed by atoms with van der Waals surface area (Å²) in [6.45, 7) is 4.35. The van der Waals surface area contributed by atoms with Crippen molar-refractivity contribution in [3.63, 3.8) is 0 Å². The summed E-state index contributed by atoms with van der Waals surface area (Å²) in [7, 11) is 3.59. The molecule has 0 aromatic carbocycles. The summed E-state index contributed by atoms with van der Waals surface area (Å²) in [6.07, 6.45) is 3.15. The van der Waals surface area contributed by atoms with Gasteiger partial charge in [0, 0.05) is 12.7 Å². The van der Waals surface area contributed by atoms with Crippen molar-refractivity contribution >= 4 is 23.2 Å². The number of methoxy groups -OCH3 is 1. The third-order valence-corrected chi connectivity index (χ3v) is 4.99. The van der Waals surface area contributed by atoms with Gasteiger partial charge in [0.1, 0.15) is 17.0 Å². The van der Waals surface area contributed by atoms with Gasteiger partial charge in [-0.05, 0) is 18.3 Å². The van der Waals surface area contributed by atoms with Crippen LogP contribution in [0.5, 0.6) is 5.88 Å². The second-order valence-corrected chi connectivity index (χ2v) is 7.04. The zero-order valence-corrected chi connectivity index (χ0v) is 13.4. The van der Waals surface area contributed by atoms with Gasteiger partial charge in [-0.25, -0.2) is 4.98 Å². The highest BCUT2D eigenvalue weighted by atomic mass is 32.2. The lowest BCUT2D eigenvalue weighted by Gasteiger charge is -2.40. The van der Waals surface area contributed by atoms with Crippen LogP contribution in [0.2, 0.25) is 0 Å². The molecule has 0 saturated carbocycles. The van der Waals surface area contributed by atoms with E-state index >= 15 is 0 Å². The maximum atomic E-state index is 9.36. The van der Waals surface area contributed by atoms with Crippen LogP contribution < -0.4 is 9.64 Å². The highest BCUT2D eigenvalue weighted by molar-refractivity contribution is 8.04. The highest BCUT2D eigenvalue weighted by Crippen LogP contribution is 2.51. The van der Waals surface area contributed by atoms with Crippen molar-refractivity contribution in [3.05, 3.63) is 16.9 Å². The number of rotatable bonds is 1. The van der Waals surface area contributed by atoms with Crippen LogP contribution >= 0.6 is 11.8 Å². The van der Waals surface area contributed by atoms with Crippen LogP contribution in [0.15, 0.2) is 27.1 Å². The summed E-state index contributed by atoms with van der Waals surface area (Å²) in [4.78, 5) is 11.6. The molecule has 0 unspecified atom stereocenters. The van der Waals surface area contributed by atoms with E-state index in [4.69, 9.17) is 4.74 Å². The Morgan fingerprint density at radius 2 is 2.14 bits per heavy atom.